The van der Waals surface area contributed by atoms with E-state index in [1.54, 1.807) is 18.2 Å². The minimum atomic E-state index is -3.64. The van der Waals surface area contributed by atoms with Crippen molar-refractivity contribution < 1.29 is 13.2 Å². The number of sulfonamides is 1. The van der Waals surface area contributed by atoms with Gasteiger partial charge in [0.15, 0.2) is 0 Å². The van der Waals surface area contributed by atoms with Crippen LogP contribution in [-0.4, -0.2) is 14.3 Å². The Labute approximate surface area is 94.7 Å². The van der Waals surface area contributed by atoms with Crippen molar-refractivity contribution in [1.82, 2.24) is 4.72 Å². The Kier molecular flexibility index (Phi) is 2.14. The predicted octanol–water partition coefficient (Wildman–Crippen LogP) is 1.42. The van der Waals surface area contributed by atoms with Gasteiger partial charge in [-0.05, 0) is 23.1 Å². The average Bonchev–Trinajstić information content (AvgIpc) is 2.36. The van der Waals surface area contributed by atoms with Gasteiger partial charge >= 0.3 is 0 Å². The Morgan fingerprint density at radius 1 is 1.19 bits per heavy atom. The lowest BCUT2D eigenvalue weighted by molar-refractivity contribution is 0.0985. The molecule has 0 aromatic heterocycles. The van der Waals surface area contributed by atoms with Gasteiger partial charge in [0.25, 0.3) is 15.9 Å². The monoisotopic (exact) mass is 239 g/mol. The summed E-state index contributed by atoms with van der Waals surface area (Å²) in [5.41, 5.74) is 0.982. The van der Waals surface area contributed by atoms with Crippen LogP contribution in [-0.2, 0) is 15.4 Å². The fraction of sp³-hybridized carbons (Fsp3) is 0.364. The van der Waals surface area contributed by atoms with E-state index in [9.17, 15) is 13.2 Å². The Morgan fingerprint density at radius 3 is 2.38 bits per heavy atom. The van der Waals surface area contributed by atoms with Crippen LogP contribution in [0.25, 0.3) is 0 Å². The molecule has 4 nitrogen and oxygen atoms in total. The zero-order valence-electron chi connectivity index (χ0n) is 9.37. The average molecular weight is 239 g/mol. The highest BCUT2D eigenvalue weighted by molar-refractivity contribution is 7.90. The lowest BCUT2D eigenvalue weighted by atomic mass is 9.86. The summed E-state index contributed by atoms with van der Waals surface area (Å²) in [6.07, 6.45) is 0. The van der Waals surface area contributed by atoms with Gasteiger partial charge in [0.05, 0.1) is 5.56 Å². The third kappa shape index (κ3) is 1.61. The molecule has 1 amide bonds. The third-order valence-corrected chi connectivity index (χ3v) is 3.98. The van der Waals surface area contributed by atoms with E-state index in [2.05, 4.69) is 0 Å². The molecule has 0 unspecified atom stereocenters. The molecular formula is C11H13NO3S. The van der Waals surface area contributed by atoms with Gasteiger partial charge in [-0.2, -0.15) is 0 Å². The smallest absolute Gasteiger partial charge is 0.266 e. The maximum atomic E-state index is 11.6. The van der Waals surface area contributed by atoms with Crippen molar-refractivity contribution in [2.45, 2.75) is 31.1 Å². The molecule has 0 saturated carbocycles. The Hall–Kier alpha value is -1.36. The van der Waals surface area contributed by atoms with Gasteiger partial charge in [0.1, 0.15) is 4.90 Å². The fourth-order valence-corrected chi connectivity index (χ4v) is 2.83. The first kappa shape index (κ1) is 11.1. The summed E-state index contributed by atoms with van der Waals surface area (Å²) in [7, 11) is -3.64. The molecule has 0 aliphatic carbocycles. The van der Waals surface area contributed by atoms with E-state index in [1.807, 2.05) is 25.5 Å². The van der Waals surface area contributed by atoms with Crippen LogP contribution in [0.3, 0.4) is 0 Å². The highest BCUT2D eigenvalue weighted by Crippen LogP contribution is 2.29. The van der Waals surface area contributed by atoms with Crippen molar-refractivity contribution >= 4 is 15.9 Å². The molecule has 1 aliphatic heterocycles. The summed E-state index contributed by atoms with van der Waals surface area (Å²) in [6.45, 7) is 5.97. The standard InChI is InChI=1S/C11H13NO3S/c1-11(2,3)7-4-5-8-9(6-7)16(14,15)12-10(8)13/h4-6H,1-3H3,(H,12,13). The van der Waals surface area contributed by atoms with E-state index in [0.717, 1.165) is 5.56 Å². The van der Waals surface area contributed by atoms with Gasteiger partial charge in [0.2, 0.25) is 0 Å². The summed E-state index contributed by atoms with van der Waals surface area (Å²) in [4.78, 5) is 11.4. The Balaban J connectivity index is 2.69. The maximum Gasteiger partial charge on any atom is 0.266 e. The topological polar surface area (TPSA) is 63.2 Å². The maximum absolute atomic E-state index is 11.6. The van der Waals surface area contributed by atoms with Crippen LogP contribution in [0.5, 0.6) is 0 Å². The quantitative estimate of drug-likeness (QED) is 0.744. The van der Waals surface area contributed by atoms with Crippen LogP contribution in [0.1, 0.15) is 36.7 Å². The summed E-state index contributed by atoms with van der Waals surface area (Å²) >= 11 is 0. The summed E-state index contributed by atoms with van der Waals surface area (Å²) in [5, 5.41) is 0. The fourth-order valence-electron chi connectivity index (χ4n) is 1.63. The normalized spacial score (nSPS) is 18.1. The van der Waals surface area contributed by atoms with Gasteiger partial charge in [-0.15, -0.1) is 0 Å². The number of hydrogen-bond donors (Lipinski definition) is 1. The molecule has 1 aromatic rings. The van der Waals surface area contributed by atoms with Crippen molar-refractivity contribution in [1.29, 1.82) is 0 Å². The van der Waals surface area contributed by atoms with E-state index in [0.29, 0.717) is 0 Å². The van der Waals surface area contributed by atoms with Crippen LogP contribution in [0.2, 0.25) is 0 Å². The predicted molar refractivity (Wildman–Crippen MR) is 59.8 cm³/mol. The lowest BCUT2D eigenvalue weighted by Gasteiger charge is -2.19. The number of amides is 1. The molecule has 0 saturated heterocycles. The molecule has 16 heavy (non-hydrogen) atoms. The number of rotatable bonds is 0. The second kappa shape index (κ2) is 3.07. The van der Waals surface area contributed by atoms with E-state index in [1.165, 1.54) is 0 Å². The molecule has 0 fully saturated rings. The largest absolute Gasteiger partial charge is 0.268 e. The summed E-state index contributed by atoms with van der Waals surface area (Å²) < 4.78 is 25.2. The van der Waals surface area contributed by atoms with E-state index in [4.69, 9.17) is 0 Å². The van der Waals surface area contributed by atoms with E-state index in [-0.39, 0.29) is 15.9 Å². The van der Waals surface area contributed by atoms with Crippen LogP contribution in [0.15, 0.2) is 23.1 Å². The highest BCUT2D eigenvalue weighted by atomic mass is 32.2. The van der Waals surface area contributed by atoms with Gasteiger partial charge in [-0.25, -0.2) is 13.1 Å². The molecule has 0 atom stereocenters. The van der Waals surface area contributed by atoms with Crippen LogP contribution < -0.4 is 4.72 Å². The molecule has 86 valence electrons. The number of hydrogen-bond acceptors (Lipinski definition) is 3. The second-order valence-electron chi connectivity index (χ2n) is 4.90. The number of benzene rings is 1. The number of carbonyl (C=O) groups is 1. The van der Waals surface area contributed by atoms with Crippen molar-refractivity contribution in [3.8, 4) is 0 Å². The van der Waals surface area contributed by atoms with Crippen LogP contribution >= 0.6 is 0 Å². The molecule has 1 heterocycles. The van der Waals surface area contributed by atoms with Crippen LogP contribution in [0.4, 0.5) is 0 Å². The molecule has 0 spiro atoms. The third-order valence-electron chi connectivity index (χ3n) is 2.61. The molecule has 1 N–H and O–H groups in total. The molecule has 1 aromatic carbocycles. The molecule has 1 aliphatic rings. The first-order valence-electron chi connectivity index (χ1n) is 4.93. The highest BCUT2D eigenvalue weighted by Gasteiger charge is 2.33. The zero-order chi connectivity index (χ0) is 12.1. The molecule has 0 radical (unpaired) electrons. The van der Waals surface area contributed by atoms with Crippen molar-refractivity contribution in [2.75, 3.05) is 0 Å². The van der Waals surface area contributed by atoms with Gasteiger partial charge in [-0.1, -0.05) is 26.8 Å². The lowest BCUT2D eigenvalue weighted by Crippen LogP contribution is -2.20. The molecule has 5 heteroatoms. The second-order valence-corrected chi connectivity index (χ2v) is 6.55. The Bertz CT molecular complexity index is 567. The van der Waals surface area contributed by atoms with Gasteiger partial charge in [0, 0.05) is 0 Å². The molecule has 2 rings (SSSR count). The van der Waals surface area contributed by atoms with Crippen LogP contribution in [0, 0.1) is 0 Å². The van der Waals surface area contributed by atoms with Gasteiger partial charge < -0.3 is 0 Å². The zero-order valence-corrected chi connectivity index (χ0v) is 10.2. The summed E-state index contributed by atoms with van der Waals surface area (Å²) in [5.74, 6) is -0.546. The summed E-state index contributed by atoms with van der Waals surface area (Å²) in [6, 6.07) is 4.93. The minimum Gasteiger partial charge on any atom is -0.268 e. The van der Waals surface area contributed by atoms with Crippen molar-refractivity contribution in [2.24, 2.45) is 0 Å². The first-order valence-corrected chi connectivity index (χ1v) is 6.42. The van der Waals surface area contributed by atoms with E-state index < -0.39 is 15.9 Å². The van der Waals surface area contributed by atoms with Crippen molar-refractivity contribution in [3.63, 3.8) is 0 Å². The molecule has 0 bridgehead atoms. The van der Waals surface area contributed by atoms with Crippen molar-refractivity contribution in [3.05, 3.63) is 29.3 Å². The van der Waals surface area contributed by atoms with Gasteiger partial charge in [-0.3, -0.25) is 4.79 Å². The van der Waals surface area contributed by atoms with E-state index >= 15 is 0 Å². The number of fused-ring (bicyclic) bond motifs is 1. The first-order chi connectivity index (χ1) is 7.22. The minimum absolute atomic E-state index is 0.0879. The molecular weight excluding hydrogens is 226 g/mol. The Morgan fingerprint density at radius 2 is 1.81 bits per heavy atom. The number of nitrogens with one attached hydrogen (secondary N) is 1. The number of carbonyl (C=O) groups excluding carboxylic acids is 1. The SMILES string of the molecule is CC(C)(C)c1ccc2c(c1)S(=O)(=O)NC2=O.